The predicted molar refractivity (Wildman–Crippen MR) is 60.6 cm³/mol. The summed E-state index contributed by atoms with van der Waals surface area (Å²) in [6.07, 6.45) is 0.857. The SMILES string of the molecule is Cc1n[nH]c(C)c1CNCC(C)CCO. The van der Waals surface area contributed by atoms with E-state index in [0.29, 0.717) is 5.92 Å². The van der Waals surface area contributed by atoms with Gasteiger partial charge in [0, 0.05) is 24.4 Å². The van der Waals surface area contributed by atoms with Gasteiger partial charge in [-0.2, -0.15) is 5.10 Å². The monoisotopic (exact) mass is 211 g/mol. The van der Waals surface area contributed by atoms with E-state index < -0.39 is 0 Å². The summed E-state index contributed by atoms with van der Waals surface area (Å²) in [5, 5.41) is 19.3. The number of nitrogens with zero attached hydrogens (tertiary/aromatic N) is 1. The summed E-state index contributed by atoms with van der Waals surface area (Å²) in [5.74, 6) is 0.516. The lowest BCUT2D eigenvalue weighted by molar-refractivity contribution is 0.260. The van der Waals surface area contributed by atoms with Crippen LogP contribution in [0.3, 0.4) is 0 Å². The number of aromatic amines is 1. The zero-order valence-electron chi connectivity index (χ0n) is 9.80. The fourth-order valence-electron chi connectivity index (χ4n) is 1.60. The molecule has 0 amide bonds. The second-order valence-electron chi connectivity index (χ2n) is 4.16. The normalized spacial score (nSPS) is 13.1. The highest BCUT2D eigenvalue weighted by Gasteiger charge is 2.06. The minimum absolute atomic E-state index is 0.270. The first-order valence-corrected chi connectivity index (χ1v) is 5.47. The van der Waals surface area contributed by atoms with E-state index in [1.807, 2.05) is 13.8 Å². The standard InChI is InChI=1S/C11H21N3O/c1-8(4-5-15)6-12-7-11-9(2)13-14-10(11)3/h8,12,15H,4-7H2,1-3H3,(H,13,14). The van der Waals surface area contributed by atoms with Crippen LogP contribution in [0.1, 0.15) is 30.3 Å². The Morgan fingerprint density at radius 3 is 2.73 bits per heavy atom. The van der Waals surface area contributed by atoms with Crippen LogP contribution in [0, 0.1) is 19.8 Å². The quantitative estimate of drug-likeness (QED) is 0.661. The molecule has 4 nitrogen and oxygen atoms in total. The minimum atomic E-state index is 0.270. The van der Waals surface area contributed by atoms with Gasteiger partial charge in [-0.25, -0.2) is 0 Å². The van der Waals surface area contributed by atoms with E-state index >= 15 is 0 Å². The summed E-state index contributed by atoms with van der Waals surface area (Å²) in [4.78, 5) is 0. The van der Waals surface area contributed by atoms with E-state index in [1.54, 1.807) is 0 Å². The molecule has 3 N–H and O–H groups in total. The van der Waals surface area contributed by atoms with E-state index in [-0.39, 0.29) is 6.61 Å². The Kier molecular flexibility index (Phi) is 4.78. The number of aromatic nitrogens is 2. The number of hydrogen-bond acceptors (Lipinski definition) is 3. The van der Waals surface area contributed by atoms with E-state index in [2.05, 4.69) is 22.4 Å². The number of aliphatic hydroxyl groups excluding tert-OH is 1. The summed E-state index contributed by atoms with van der Waals surface area (Å²) >= 11 is 0. The van der Waals surface area contributed by atoms with Crippen molar-refractivity contribution < 1.29 is 5.11 Å². The lowest BCUT2D eigenvalue weighted by Crippen LogP contribution is -2.21. The zero-order valence-corrected chi connectivity index (χ0v) is 9.80. The second-order valence-corrected chi connectivity index (χ2v) is 4.16. The summed E-state index contributed by atoms with van der Waals surface area (Å²) in [6, 6.07) is 0. The first-order chi connectivity index (χ1) is 7.15. The molecule has 0 saturated heterocycles. The van der Waals surface area contributed by atoms with Gasteiger partial charge in [-0.05, 0) is 32.7 Å². The highest BCUT2D eigenvalue weighted by Crippen LogP contribution is 2.08. The number of H-pyrrole nitrogens is 1. The van der Waals surface area contributed by atoms with Crippen molar-refractivity contribution in [3.8, 4) is 0 Å². The van der Waals surface area contributed by atoms with Crippen LogP contribution in [0.15, 0.2) is 0 Å². The molecular weight excluding hydrogens is 190 g/mol. The summed E-state index contributed by atoms with van der Waals surface area (Å²) < 4.78 is 0. The average molecular weight is 211 g/mol. The van der Waals surface area contributed by atoms with Crippen molar-refractivity contribution in [2.24, 2.45) is 5.92 Å². The van der Waals surface area contributed by atoms with Crippen LogP contribution in [-0.4, -0.2) is 28.5 Å². The predicted octanol–water partition coefficient (Wildman–Crippen LogP) is 1.13. The molecule has 1 rings (SSSR count). The molecule has 86 valence electrons. The molecule has 15 heavy (non-hydrogen) atoms. The molecule has 1 atom stereocenters. The van der Waals surface area contributed by atoms with Gasteiger partial charge in [0.1, 0.15) is 0 Å². The molecule has 0 aliphatic heterocycles. The number of aliphatic hydroxyl groups is 1. The molecule has 4 heteroatoms. The Bertz CT molecular complexity index is 277. The smallest absolute Gasteiger partial charge is 0.0638 e. The Morgan fingerprint density at radius 2 is 2.20 bits per heavy atom. The van der Waals surface area contributed by atoms with Gasteiger partial charge in [-0.15, -0.1) is 0 Å². The van der Waals surface area contributed by atoms with Gasteiger partial charge in [-0.1, -0.05) is 6.92 Å². The third-order valence-electron chi connectivity index (χ3n) is 2.70. The molecule has 0 aliphatic carbocycles. The van der Waals surface area contributed by atoms with E-state index in [0.717, 1.165) is 30.9 Å². The first kappa shape index (κ1) is 12.2. The number of rotatable bonds is 6. The van der Waals surface area contributed by atoms with Crippen molar-refractivity contribution in [3.05, 3.63) is 17.0 Å². The summed E-state index contributed by atoms with van der Waals surface area (Å²) in [5.41, 5.74) is 3.45. The molecule has 0 aromatic carbocycles. The van der Waals surface area contributed by atoms with Gasteiger partial charge in [0.25, 0.3) is 0 Å². The Morgan fingerprint density at radius 1 is 1.47 bits per heavy atom. The lowest BCUT2D eigenvalue weighted by atomic mass is 10.1. The third kappa shape index (κ3) is 3.64. The van der Waals surface area contributed by atoms with Crippen molar-refractivity contribution in [2.45, 2.75) is 33.7 Å². The van der Waals surface area contributed by atoms with Gasteiger partial charge in [0.05, 0.1) is 5.69 Å². The maximum atomic E-state index is 8.77. The van der Waals surface area contributed by atoms with E-state index in [4.69, 9.17) is 5.11 Å². The molecule has 1 unspecified atom stereocenters. The zero-order chi connectivity index (χ0) is 11.3. The van der Waals surface area contributed by atoms with Crippen LogP contribution in [-0.2, 0) is 6.54 Å². The lowest BCUT2D eigenvalue weighted by Gasteiger charge is -2.11. The molecule has 1 heterocycles. The third-order valence-corrected chi connectivity index (χ3v) is 2.70. The van der Waals surface area contributed by atoms with Gasteiger partial charge >= 0.3 is 0 Å². The molecule has 0 spiro atoms. The Labute approximate surface area is 91.1 Å². The van der Waals surface area contributed by atoms with E-state index in [1.165, 1.54) is 5.56 Å². The topological polar surface area (TPSA) is 60.9 Å². The van der Waals surface area contributed by atoms with Crippen LogP contribution in [0.25, 0.3) is 0 Å². The summed E-state index contributed by atoms with van der Waals surface area (Å²) in [7, 11) is 0. The fraction of sp³-hybridized carbons (Fsp3) is 0.727. The molecule has 0 bridgehead atoms. The van der Waals surface area contributed by atoms with Crippen LogP contribution < -0.4 is 5.32 Å². The van der Waals surface area contributed by atoms with Crippen molar-refractivity contribution in [1.82, 2.24) is 15.5 Å². The van der Waals surface area contributed by atoms with Gasteiger partial charge < -0.3 is 10.4 Å². The van der Waals surface area contributed by atoms with Gasteiger partial charge in [-0.3, -0.25) is 5.10 Å². The number of aryl methyl sites for hydroxylation is 2. The molecule has 0 saturated carbocycles. The second kappa shape index (κ2) is 5.88. The Hall–Kier alpha value is -0.870. The minimum Gasteiger partial charge on any atom is -0.396 e. The van der Waals surface area contributed by atoms with Crippen LogP contribution in [0.4, 0.5) is 0 Å². The largest absolute Gasteiger partial charge is 0.396 e. The van der Waals surface area contributed by atoms with Crippen LogP contribution >= 0.6 is 0 Å². The highest BCUT2D eigenvalue weighted by atomic mass is 16.3. The van der Waals surface area contributed by atoms with Crippen molar-refractivity contribution in [3.63, 3.8) is 0 Å². The fourth-order valence-corrected chi connectivity index (χ4v) is 1.60. The Balaban J connectivity index is 2.31. The van der Waals surface area contributed by atoms with Crippen LogP contribution in [0.5, 0.6) is 0 Å². The van der Waals surface area contributed by atoms with Crippen molar-refractivity contribution in [1.29, 1.82) is 0 Å². The first-order valence-electron chi connectivity index (χ1n) is 5.47. The molecule has 0 aliphatic rings. The van der Waals surface area contributed by atoms with Crippen molar-refractivity contribution >= 4 is 0 Å². The maximum Gasteiger partial charge on any atom is 0.0638 e. The summed E-state index contributed by atoms with van der Waals surface area (Å²) in [6.45, 7) is 8.24. The molecule has 0 radical (unpaired) electrons. The van der Waals surface area contributed by atoms with Gasteiger partial charge in [0.15, 0.2) is 0 Å². The maximum absolute atomic E-state index is 8.77. The van der Waals surface area contributed by atoms with Crippen molar-refractivity contribution in [2.75, 3.05) is 13.2 Å². The number of hydrogen-bond donors (Lipinski definition) is 3. The molecular formula is C11H21N3O. The average Bonchev–Trinajstić information content (AvgIpc) is 2.49. The molecule has 0 fully saturated rings. The molecule has 1 aromatic rings. The number of nitrogens with one attached hydrogen (secondary N) is 2. The highest BCUT2D eigenvalue weighted by molar-refractivity contribution is 5.22. The van der Waals surface area contributed by atoms with E-state index in [9.17, 15) is 0 Å². The van der Waals surface area contributed by atoms with Crippen LogP contribution in [0.2, 0.25) is 0 Å². The molecule has 1 aromatic heterocycles. The van der Waals surface area contributed by atoms with Gasteiger partial charge in [0.2, 0.25) is 0 Å².